The fourth-order valence-electron chi connectivity index (χ4n) is 5.39. The van der Waals surface area contributed by atoms with Crippen molar-refractivity contribution in [3.8, 4) is 29.5 Å². The summed E-state index contributed by atoms with van der Waals surface area (Å²) in [5.74, 6) is 2.19. The van der Waals surface area contributed by atoms with Crippen LogP contribution in [0, 0.1) is 11.3 Å². The number of aromatic nitrogens is 3. The Hall–Kier alpha value is -3.48. The highest BCUT2D eigenvalue weighted by atomic mass is 16.5. The van der Waals surface area contributed by atoms with Gasteiger partial charge in [0.1, 0.15) is 18.0 Å². The minimum absolute atomic E-state index is 0.0524. The number of ether oxygens (including phenoxy) is 2. The van der Waals surface area contributed by atoms with Crippen LogP contribution in [0.3, 0.4) is 0 Å². The topological polar surface area (TPSA) is 109 Å². The Bertz CT molecular complexity index is 1270. The van der Waals surface area contributed by atoms with Crippen LogP contribution in [0.1, 0.15) is 57.8 Å². The number of nitrogens with zero attached hydrogens (tertiary/aromatic N) is 5. The lowest BCUT2D eigenvalue weighted by molar-refractivity contribution is 0.116. The molecule has 0 bridgehead atoms. The monoisotopic (exact) mass is 516 g/mol. The summed E-state index contributed by atoms with van der Waals surface area (Å²) >= 11 is 0. The van der Waals surface area contributed by atoms with E-state index in [0.717, 1.165) is 37.1 Å². The maximum absolute atomic E-state index is 9.04. The highest BCUT2D eigenvalue weighted by molar-refractivity contribution is 5.45. The first-order valence-corrected chi connectivity index (χ1v) is 13.4. The van der Waals surface area contributed by atoms with Crippen molar-refractivity contribution in [3.63, 3.8) is 0 Å². The maximum Gasteiger partial charge on any atom is 0.265 e. The molecule has 0 amide bonds. The smallest absolute Gasteiger partial charge is 0.265 e. The van der Waals surface area contributed by atoms with Crippen LogP contribution in [-0.2, 0) is 5.41 Å². The summed E-state index contributed by atoms with van der Waals surface area (Å²) < 4.78 is 18.8. The van der Waals surface area contributed by atoms with Gasteiger partial charge in [0, 0.05) is 30.5 Å². The second kappa shape index (κ2) is 11.1. The lowest BCUT2D eigenvalue weighted by atomic mass is 9.83. The first-order chi connectivity index (χ1) is 18.3. The van der Waals surface area contributed by atoms with E-state index in [2.05, 4.69) is 71.2 Å². The Morgan fingerprint density at radius 2 is 2.03 bits per heavy atom. The van der Waals surface area contributed by atoms with Gasteiger partial charge in [-0.15, -0.1) is 0 Å². The third kappa shape index (κ3) is 5.66. The van der Waals surface area contributed by atoms with E-state index in [1.807, 2.05) is 18.2 Å². The molecule has 0 saturated carbocycles. The minimum Gasteiger partial charge on any atom is -0.473 e. The van der Waals surface area contributed by atoms with Gasteiger partial charge in [-0.2, -0.15) is 15.2 Å². The van der Waals surface area contributed by atoms with Crippen molar-refractivity contribution in [1.82, 2.24) is 25.2 Å². The number of hydrogen-bond donors (Lipinski definition) is 1. The van der Waals surface area contributed by atoms with Crippen molar-refractivity contribution in [3.05, 3.63) is 53.9 Å². The zero-order valence-electron chi connectivity index (χ0n) is 22.6. The van der Waals surface area contributed by atoms with Crippen LogP contribution in [0.4, 0.5) is 0 Å². The molecule has 2 aromatic heterocycles. The van der Waals surface area contributed by atoms with E-state index >= 15 is 0 Å². The predicted molar refractivity (Wildman–Crippen MR) is 143 cm³/mol. The Morgan fingerprint density at radius 1 is 1.24 bits per heavy atom. The van der Waals surface area contributed by atoms with E-state index in [4.69, 9.17) is 19.2 Å². The lowest BCUT2D eigenvalue weighted by Crippen LogP contribution is -2.38. The number of likely N-dealkylation sites (N-methyl/N-ethyl adjacent to an activating group) is 1. The van der Waals surface area contributed by atoms with E-state index in [1.165, 1.54) is 0 Å². The van der Waals surface area contributed by atoms with Crippen molar-refractivity contribution >= 4 is 0 Å². The molecule has 2 aliphatic heterocycles. The van der Waals surface area contributed by atoms with Gasteiger partial charge in [0.15, 0.2) is 0 Å². The van der Waals surface area contributed by atoms with E-state index in [1.54, 1.807) is 12.3 Å². The molecule has 200 valence electrons. The summed E-state index contributed by atoms with van der Waals surface area (Å²) in [5, 5.41) is 12.4. The van der Waals surface area contributed by atoms with Gasteiger partial charge in [-0.3, -0.25) is 4.90 Å². The molecule has 0 spiro atoms. The summed E-state index contributed by atoms with van der Waals surface area (Å²) in [6.45, 7) is 8.00. The normalized spacial score (nSPS) is 22.8. The Morgan fingerprint density at radius 3 is 2.76 bits per heavy atom. The van der Waals surface area contributed by atoms with E-state index < -0.39 is 0 Å². The summed E-state index contributed by atoms with van der Waals surface area (Å²) in [7, 11) is 2.13. The first-order valence-electron chi connectivity index (χ1n) is 13.4. The Labute approximate surface area is 224 Å². The Balaban J connectivity index is 1.42. The molecule has 4 heterocycles. The standard InChI is InChI=1S/C29H36N6O3/c1-19(23-11-8-14-35(23)4)36-25-16-26(37-22-15-21(12-13-30)31-17-22)34-27(33-25)28-32-18-24(38-28)29(2,3)20-9-6-5-7-10-20/h5-7,9-10,16,18-19,21-23,31H,8,11-12,14-15,17H2,1-4H3/t19-,21+,22-,23-/m0/s1. The lowest BCUT2D eigenvalue weighted by Gasteiger charge is -2.26. The number of nitrogens with one attached hydrogen (secondary N) is 1. The second-order valence-corrected chi connectivity index (χ2v) is 10.8. The number of likely N-dealkylation sites (tertiary alicyclic amines) is 1. The molecule has 9 heteroatoms. The average molecular weight is 517 g/mol. The molecular formula is C29H36N6O3. The highest BCUT2D eigenvalue weighted by Gasteiger charge is 2.31. The predicted octanol–water partition coefficient (Wildman–Crippen LogP) is 4.34. The van der Waals surface area contributed by atoms with Crippen molar-refractivity contribution in [2.45, 2.75) is 76.2 Å². The molecule has 1 aromatic carbocycles. The largest absolute Gasteiger partial charge is 0.473 e. The van der Waals surface area contributed by atoms with E-state index in [9.17, 15) is 0 Å². The average Bonchev–Trinajstić information content (AvgIpc) is 3.66. The van der Waals surface area contributed by atoms with Gasteiger partial charge < -0.3 is 19.2 Å². The van der Waals surface area contributed by atoms with Crippen LogP contribution in [0.25, 0.3) is 11.7 Å². The number of hydrogen-bond acceptors (Lipinski definition) is 9. The third-order valence-electron chi connectivity index (χ3n) is 7.72. The second-order valence-electron chi connectivity index (χ2n) is 10.8. The summed E-state index contributed by atoms with van der Waals surface area (Å²) in [6.07, 6.45) is 5.02. The van der Waals surface area contributed by atoms with Gasteiger partial charge in [0.2, 0.25) is 17.6 Å². The van der Waals surface area contributed by atoms with Gasteiger partial charge >= 0.3 is 0 Å². The molecule has 3 aromatic rings. The molecule has 2 aliphatic rings. The molecule has 0 aliphatic carbocycles. The SMILES string of the molecule is C[C@H](Oc1cc(O[C@@H]2CN[C@H](CC#N)C2)nc(-c2ncc(C(C)(C)c3ccccc3)o2)n1)[C@@H]1CCCN1C. The Kier molecular flexibility index (Phi) is 7.63. The molecule has 2 fully saturated rings. The molecule has 5 rings (SSSR count). The van der Waals surface area contributed by atoms with Crippen molar-refractivity contribution in [2.75, 3.05) is 20.1 Å². The quantitative estimate of drug-likeness (QED) is 0.444. The molecule has 0 unspecified atom stereocenters. The minimum atomic E-state index is -0.382. The van der Waals surface area contributed by atoms with Crippen LogP contribution in [0.2, 0.25) is 0 Å². The molecule has 0 radical (unpaired) electrons. The number of rotatable bonds is 9. The molecule has 1 N–H and O–H groups in total. The van der Waals surface area contributed by atoms with Gasteiger partial charge in [0.05, 0.1) is 24.8 Å². The van der Waals surface area contributed by atoms with Crippen LogP contribution >= 0.6 is 0 Å². The number of oxazole rings is 1. The summed E-state index contributed by atoms with van der Waals surface area (Å²) in [5.41, 5.74) is 0.743. The van der Waals surface area contributed by atoms with Crippen LogP contribution in [0.5, 0.6) is 11.8 Å². The molecule has 38 heavy (non-hydrogen) atoms. The zero-order valence-corrected chi connectivity index (χ0v) is 22.6. The van der Waals surface area contributed by atoms with Crippen LogP contribution in [-0.4, -0.2) is 64.3 Å². The van der Waals surface area contributed by atoms with Crippen LogP contribution in [0.15, 0.2) is 47.0 Å². The third-order valence-corrected chi connectivity index (χ3v) is 7.72. The van der Waals surface area contributed by atoms with Gasteiger partial charge in [-0.25, -0.2) is 4.98 Å². The summed E-state index contributed by atoms with van der Waals surface area (Å²) in [4.78, 5) is 16.2. The molecule has 9 nitrogen and oxygen atoms in total. The van der Waals surface area contributed by atoms with Gasteiger partial charge in [0.25, 0.3) is 5.89 Å². The highest BCUT2D eigenvalue weighted by Crippen LogP contribution is 2.34. The van der Waals surface area contributed by atoms with Gasteiger partial charge in [-0.05, 0) is 52.8 Å². The van der Waals surface area contributed by atoms with Crippen molar-refractivity contribution in [1.29, 1.82) is 5.26 Å². The zero-order chi connectivity index (χ0) is 26.7. The van der Waals surface area contributed by atoms with E-state index in [-0.39, 0.29) is 23.7 Å². The number of nitriles is 1. The fourth-order valence-corrected chi connectivity index (χ4v) is 5.39. The van der Waals surface area contributed by atoms with Crippen LogP contribution < -0.4 is 14.8 Å². The van der Waals surface area contributed by atoms with Crippen molar-refractivity contribution < 1.29 is 13.9 Å². The van der Waals surface area contributed by atoms with Gasteiger partial charge in [-0.1, -0.05) is 30.3 Å². The fraction of sp³-hybridized carbons (Fsp3) is 0.517. The summed E-state index contributed by atoms with van der Waals surface area (Å²) in [6, 6.07) is 14.6. The molecule has 2 saturated heterocycles. The van der Waals surface area contributed by atoms with E-state index in [0.29, 0.717) is 42.5 Å². The molecule has 4 atom stereocenters. The van der Waals surface area contributed by atoms with Crippen molar-refractivity contribution in [2.24, 2.45) is 0 Å². The first kappa shape index (κ1) is 26.1. The number of benzene rings is 1. The maximum atomic E-state index is 9.04. The molecular weight excluding hydrogens is 480 g/mol.